The van der Waals surface area contributed by atoms with Crippen LogP contribution in [0.3, 0.4) is 0 Å². The molecule has 0 spiro atoms. The molecule has 112 valence electrons. The molecule has 0 amide bonds. The summed E-state index contributed by atoms with van der Waals surface area (Å²) in [6.07, 6.45) is 0. The van der Waals surface area contributed by atoms with Gasteiger partial charge in [-0.25, -0.2) is 0 Å². The zero-order valence-corrected chi connectivity index (χ0v) is 15.0. The fraction of sp³-hybridized carbons (Fsp3) is 0.368. The molecule has 0 N–H and O–H groups in total. The number of alkyl halides is 1. The van der Waals surface area contributed by atoms with Crippen LogP contribution in [-0.4, -0.2) is 0 Å². The van der Waals surface area contributed by atoms with Gasteiger partial charge in [-0.2, -0.15) is 0 Å². The molecule has 0 fully saturated rings. The van der Waals surface area contributed by atoms with Crippen molar-refractivity contribution in [1.82, 2.24) is 0 Å². The summed E-state index contributed by atoms with van der Waals surface area (Å²) in [5.74, 6) is 1.88. The Hall–Kier alpha value is -1.28. The lowest BCUT2D eigenvalue weighted by molar-refractivity contribution is 0.451. The normalized spacial score (nSPS) is 11.5. The van der Waals surface area contributed by atoms with E-state index >= 15 is 0 Å². The second-order valence-corrected chi connectivity index (χ2v) is 7.16. The molecule has 0 saturated heterocycles. The van der Waals surface area contributed by atoms with E-state index in [4.69, 9.17) is 4.74 Å². The zero-order valence-electron chi connectivity index (χ0n) is 13.5. The van der Waals surface area contributed by atoms with E-state index in [1.165, 1.54) is 22.3 Å². The molecule has 1 nitrogen and oxygen atoms in total. The van der Waals surface area contributed by atoms with Crippen LogP contribution in [0.25, 0.3) is 0 Å². The summed E-state index contributed by atoms with van der Waals surface area (Å²) in [5.41, 5.74) is 4.93. The van der Waals surface area contributed by atoms with E-state index in [1.807, 2.05) is 0 Å². The second kappa shape index (κ2) is 6.23. The van der Waals surface area contributed by atoms with Gasteiger partial charge in [0, 0.05) is 16.5 Å². The summed E-state index contributed by atoms with van der Waals surface area (Å²) >= 11 is 3.55. The van der Waals surface area contributed by atoms with Crippen molar-refractivity contribution in [2.45, 2.75) is 45.4 Å². The van der Waals surface area contributed by atoms with E-state index < -0.39 is 0 Å². The van der Waals surface area contributed by atoms with Gasteiger partial charge in [-0.05, 0) is 37.0 Å². The van der Waals surface area contributed by atoms with E-state index in [-0.39, 0.29) is 5.41 Å². The van der Waals surface area contributed by atoms with Crippen LogP contribution < -0.4 is 4.74 Å². The van der Waals surface area contributed by atoms with Crippen LogP contribution in [-0.2, 0) is 10.7 Å². The van der Waals surface area contributed by atoms with Crippen molar-refractivity contribution in [3.63, 3.8) is 0 Å². The summed E-state index contributed by atoms with van der Waals surface area (Å²) in [4.78, 5) is 0. The van der Waals surface area contributed by atoms with Crippen LogP contribution in [0.4, 0.5) is 0 Å². The maximum atomic E-state index is 6.26. The van der Waals surface area contributed by atoms with Gasteiger partial charge >= 0.3 is 0 Å². The van der Waals surface area contributed by atoms with Crippen molar-refractivity contribution in [1.29, 1.82) is 0 Å². The predicted molar refractivity (Wildman–Crippen MR) is 93.8 cm³/mol. The number of halogens is 1. The quantitative estimate of drug-likeness (QED) is 0.593. The van der Waals surface area contributed by atoms with Gasteiger partial charge in [-0.3, -0.25) is 0 Å². The highest BCUT2D eigenvalue weighted by atomic mass is 79.9. The number of hydrogen-bond acceptors (Lipinski definition) is 1. The molecular weight excluding hydrogens is 324 g/mol. The topological polar surface area (TPSA) is 9.23 Å². The van der Waals surface area contributed by atoms with Gasteiger partial charge in [0.05, 0.1) is 0 Å². The summed E-state index contributed by atoms with van der Waals surface area (Å²) < 4.78 is 6.26. The van der Waals surface area contributed by atoms with Crippen LogP contribution in [0.1, 0.15) is 43.0 Å². The van der Waals surface area contributed by atoms with E-state index in [2.05, 4.69) is 86.9 Å². The van der Waals surface area contributed by atoms with Crippen molar-refractivity contribution < 1.29 is 4.74 Å². The minimum atomic E-state index is 0.0578. The van der Waals surface area contributed by atoms with Gasteiger partial charge in [0.25, 0.3) is 0 Å². The number of hydrogen-bond donors (Lipinski definition) is 0. The lowest BCUT2D eigenvalue weighted by Crippen LogP contribution is -2.12. The van der Waals surface area contributed by atoms with E-state index in [1.54, 1.807) is 0 Å². The minimum Gasteiger partial charge on any atom is -0.457 e. The van der Waals surface area contributed by atoms with Gasteiger partial charge in [0.1, 0.15) is 11.5 Å². The molecular formula is C19H23BrO. The first-order chi connectivity index (χ1) is 9.81. The largest absolute Gasteiger partial charge is 0.457 e. The van der Waals surface area contributed by atoms with Gasteiger partial charge in [0.15, 0.2) is 0 Å². The SMILES string of the molecule is Cc1ccc(Oc2cc(C)ccc2C(C)(C)C)c(CBr)c1. The molecule has 0 radical (unpaired) electrons. The molecule has 0 aliphatic carbocycles. The average Bonchev–Trinajstić information content (AvgIpc) is 2.39. The molecule has 21 heavy (non-hydrogen) atoms. The van der Waals surface area contributed by atoms with Crippen LogP contribution in [0, 0.1) is 13.8 Å². The van der Waals surface area contributed by atoms with Crippen molar-refractivity contribution in [2.75, 3.05) is 0 Å². The van der Waals surface area contributed by atoms with Gasteiger partial charge in [-0.1, -0.05) is 66.5 Å². The van der Waals surface area contributed by atoms with Gasteiger partial charge < -0.3 is 4.74 Å². The van der Waals surface area contributed by atoms with E-state index in [0.29, 0.717) is 0 Å². The highest BCUT2D eigenvalue weighted by Crippen LogP contribution is 2.36. The van der Waals surface area contributed by atoms with Crippen LogP contribution >= 0.6 is 15.9 Å². The maximum Gasteiger partial charge on any atom is 0.131 e. The Morgan fingerprint density at radius 3 is 2.14 bits per heavy atom. The van der Waals surface area contributed by atoms with Gasteiger partial charge in [-0.15, -0.1) is 0 Å². The monoisotopic (exact) mass is 346 g/mol. The summed E-state index contributed by atoms with van der Waals surface area (Å²) in [6, 6.07) is 12.8. The number of rotatable bonds is 3. The van der Waals surface area contributed by atoms with Crippen LogP contribution in [0.5, 0.6) is 11.5 Å². The van der Waals surface area contributed by atoms with Crippen molar-refractivity contribution in [2.24, 2.45) is 0 Å². The molecule has 2 rings (SSSR count). The summed E-state index contributed by atoms with van der Waals surface area (Å²) in [5, 5.41) is 0.792. The molecule has 0 aliphatic heterocycles. The predicted octanol–water partition coefficient (Wildman–Crippen LogP) is 6.29. The zero-order chi connectivity index (χ0) is 15.6. The fourth-order valence-electron chi connectivity index (χ4n) is 2.36. The van der Waals surface area contributed by atoms with E-state index in [9.17, 15) is 0 Å². The van der Waals surface area contributed by atoms with Crippen LogP contribution in [0.15, 0.2) is 36.4 Å². The molecule has 0 aromatic heterocycles. The lowest BCUT2D eigenvalue weighted by Gasteiger charge is -2.23. The van der Waals surface area contributed by atoms with E-state index in [0.717, 1.165) is 16.8 Å². The molecule has 0 heterocycles. The highest BCUT2D eigenvalue weighted by Gasteiger charge is 2.20. The second-order valence-electron chi connectivity index (χ2n) is 6.60. The highest BCUT2D eigenvalue weighted by molar-refractivity contribution is 9.08. The van der Waals surface area contributed by atoms with Gasteiger partial charge in [0.2, 0.25) is 0 Å². The molecule has 2 aromatic carbocycles. The Bertz CT molecular complexity index is 638. The van der Waals surface area contributed by atoms with Crippen molar-refractivity contribution in [3.05, 3.63) is 58.7 Å². The average molecular weight is 347 g/mol. The summed E-state index contributed by atoms with van der Waals surface area (Å²) in [6.45, 7) is 10.8. The molecule has 0 unspecified atom stereocenters. The first-order valence-electron chi connectivity index (χ1n) is 7.26. The standard InChI is InChI=1S/C19H23BrO/c1-13-7-9-17(15(10-13)12-20)21-18-11-14(2)6-8-16(18)19(3,4)5/h6-11H,12H2,1-5H3. The smallest absolute Gasteiger partial charge is 0.131 e. The maximum absolute atomic E-state index is 6.26. The fourth-order valence-corrected chi connectivity index (χ4v) is 2.80. The Labute approximate surface area is 136 Å². The van der Waals surface area contributed by atoms with Crippen molar-refractivity contribution >= 4 is 15.9 Å². The Balaban J connectivity index is 2.46. The molecule has 0 aliphatic rings. The van der Waals surface area contributed by atoms with Crippen LogP contribution in [0.2, 0.25) is 0 Å². The van der Waals surface area contributed by atoms with Crippen molar-refractivity contribution in [3.8, 4) is 11.5 Å². The number of aryl methyl sites for hydroxylation is 2. The molecule has 0 bridgehead atoms. The molecule has 2 heteroatoms. The first-order valence-corrected chi connectivity index (χ1v) is 8.38. The Morgan fingerprint density at radius 1 is 0.905 bits per heavy atom. The molecule has 0 atom stereocenters. The lowest BCUT2D eigenvalue weighted by atomic mass is 9.86. The number of benzene rings is 2. The third kappa shape index (κ3) is 3.88. The third-order valence-corrected chi connectivity index (χ3v) is 4.13. The molecule has 2 aromatic rings. The Morgan fingerprint density at radius 2 is 1.52 bits per heavy atom. The first kappa shape index (κ1) is 16.1. The minimum absolute atomic E-state index is 0.0578. The molecule has 0 saturated carbocycles. The third-order valence-electron chi connectivity index (χ3n) is 3.52. The Kier molecular flexibility index (Phi) is 4.77. The summed E-state index contributed by atoms with van der Waals surface area (Å²) in [7, 11) is 0. The number of ether oxygens (including phenoxy) is 1.